The van der Waals surface area contributed by atoms with Crippen LogP contribution < -0.4 is 20.9 Å². The monoisotopic (exact) mass is 447 g/mol. The standard InChI is InChI=1S/C24H25N5O4/c1-3-20(30)28-12-11-16(14-28)29-23(25)21(24(26)31)22(27-29)15-7-9-17(10-8-15)33-19-6-4-5-18(13-19)32-2/h3-10,13,16H,1,11-12,14,25H2,2H3,(H2,26,31). The normalized spacial score (nSPS) is 15.3. The first-order valence-electron chi connectivity index (χ1n) is 10.4. The number of carbonyl (C=O) groups is 2. The van der Waals surface area contributed by atoms with E-state index >= 15 is 0 Å². The molecule has 0 spiro atoms. The molecule has 33 heavy (non-hydrogen) atoms. The molecule has 0 radical (unpaired) electrons. The fourth-order valence-electron chi connectivity index (χ4n) is 3.92. The summed E-state index contributed by atoms with van der Waals surface area (Å²) >= 11 is 0. The smallest absolute Gasteiger partial charge is 0.254 e. The van der Waals surface area contributed by atoms with Crippen molar-refractivity contribution < 1.29 is 19.1 Å². The molecule has 9 nitrogen and oxygen atoms in total. The number of nitrogens with zero attached hydrogens (tertiary/aromatic N) is 3. The number of hydrogen-bond acceptors (Lipinski definition) is 6. The molecule has 2 amide bonds. The van der Waals surface area contributed by atoms with Gasteiger partial charge in [-0.25, -0.2) is 4.68 Å². The molecule has 0 saturated carbocycles. The lowest BCUT2D eigenvalue weighted by Crippen LogP contribution is -2.27. The van der Waals surface area contributed by atoms with Crippen LogP contribution in [0.3, 0.4) is 0 Å². The Balaban J connectivity index is 1.60. The number of nitrogen functional groups attached to an aromatic ring is 1. The number of carbonyl (C=O) groups excluding carboxylic acids is 2. The Morgan fingerprint density at radius 2 is 1.88 bits per heavy atom. The van der Waals surface area contributed by atoms with E-state index in [2.05, 4.69) is 11.7 Å². The Morgan fingerprint density at radius 1 is 1.15 bits per heavy atom. The van der Waals surface area contributed by atoms with Gasteiger partial charge in [-0.2, -0.15) is 5.10 Å². The minimum absolute atomic E-state index is 0.148. The molecule has 1 unspecified atom stereocenters. The third-order valence-electron chi connectivity index (χ3n) is 5.59. The Morgan fingerprint density at radius 3 is 2.55 bits per heavy atom. The van der Waals surface area contributed by atoms with Crippen LogP contribution in [0.5, 0.6) is 17.2 Å². The number of rotatable bonds is 7. The summed E-state index contributed by atoms with van der Waals surface area (Å²) in [5.74, 6) is 1.30. The van der Waals surface area contributed by atoms with E-state index in [-0.39, 0.29) is 23.3 Å². The Labute approximate surface area is 191 Å². The van der Waals surface area contributed by atoms with Gasteiger partial charge in [0.15, 0.2) is 0 Å². The van der Waals surface area contributed by atoms with Gasteiger partial charge in [-0.15, -0.1) is 0 Å². The molecule has 0 aliphatic carbocycles. The van der Waals surface area contributed by atoms with E-state index in [1.165, 1.54) is 6.08 Å². The van der Waals surface area contributed by atoms with Gasteiger partial charge < -0.3 is 25.8 Å². The van der Waals surface area contributed by atoms with Crippen molar-refractivity contribution in [3.8, 4) is 28.5 Å². The largest absolute Gasteiger partial charge is 0.497 e. The zero-order valence-electron chi connectivity index (χ0n) is 18.2. The second kappa shape index (κ2) is 9.07. The highest BCUT2D eigenvalue weighted by Crippen LogP contribution is 2.33. The lowest BCUT2D eigenvalue weighted by atomic mass is 10.1. The third-order valence-corrected chi connectivity index (χ3v) is 5.59. The van der Waals surface area contributed by atoms with Crippen LogP contribution in [0.25, 0.3) is 11.3 Å². The maximum absolute atomic E-state index is 12.2. The van der Waals surface area contributed by atoms with Gasteiger partial charge in [0, 0.05) is 24.7 Å². The molecule has 3 aromatic rings. The van der Waals surface area contributed by atoms with Crippen LogP contribution in [0.4, 0.5) is 5.82 Å². The second-order valence-corrected chi connectivity index (χ2v) is 7.65. The zero-order chi connectivity index (χ0) is 23.5. The molecule has 1 fully saturated rings. The van der Waals surface area contributed by atoms with Gasteiger partial charge in [-0.1, -0.05) is 12.6 Å². The van der Waals surface area contributed by atoms with Gasteiger partial charge in [0.2, 0.25) is 5.91 Å². The number of nitrogens with two attached hydrogens (primary N) is 2. The molecular weight excluding hydrogens is 422 g/mol. The van der Waals surface area contributed by atoms with E-state index < -0.39 is 5.91 Å². The topological polar surface area (TPSA) is 126 Å². The van der Waals surface area contributed by atoms with Crippen LogP contribution in [-0.4, -0.2) is 46.7 Å². The molecule has 1 atom stereocenters. The quantitative estimate of drug-likeness (QED) is 0.536. The van der Waals surface area contributed by atoms with Crippen LogP contribution in [0.1, 0.15) is 22.8 Å². The lowest BCUT2D eigenvalue weighted by Gasteiger charge is -2.15. The van der Waals surface area contributed by atoms with Crippen LogP contribution in [-0.2, 0) is 4.79 Å². The number of primary amides is 1. The van der Waals surface area contributed by atoms with Gasteiger partial charge >= 0.3 is 0 Å². The van der Waals surface area contributed by atoms with E-state index in [1.54, 1.807) is 47.0 Å². The third kappa shape index (κ3) is 4.38. The summed E-state index contributed by atoms with van der Waals surface area (Å²) < 4.78 is 12.7. The summed E-state index contributed by atoms with van der Waals surface area (Å²) in [6.45, 7) is 4.52. The van der Waals surface area contributed by atoms with Gasteiger partial charge in [0.25, 0.3) is 5.91 Å². The van der Waals surface area contributed by atoms with Crippen molar-refractivity contribution in [2.45, 2.75) is 12.5 Å². The molecule has 4 rings (SSSR count). The van der Waals surface area contributed by atoms with Gasteiger partial charge in [0.05, 0.1) is 13.2 Å². The highest BCUT2D eigenvalue weighted by molar-refractivity contribution is 6.03. The number of anilines is 1. The maximum atomic E-state index is 12.2. The number of hydrogen-bond donors (Lipinski definition) is 2. The number of aromatic nitrogens is 2. The number of methoxy groups -OCH3 is 1. The molecule has 1 aliphatic rings. The van der Waals surface area contributed by atoms with E-state index in [9.17, 15) is 9.59 Å². The Hall–Kier alpha value is -4.27. The number of ether oxygens (including phenoxy) is 2. The van der Waals surface area contributed by atoms with E-state index in [4.69, 9.17) is 20.9 Å². The molecule has 2 heterocycles. The fraction of sp³-hybridized carbons (Fsp3) is 0.208. The highest BCUT2D eigenvalue weighted by Gasteiger charge is 2.31. The lowest BCUT2D eigenvalue weighted by molar-refractivity contribution is -0.125. The molecule has 9 heteroatoms. The minimum Gasteiger partial charge on any atom is -0.497 e. The minimum atomic E-state index is -0.664. The van der Waals surface area contributed by atoms with Crippen molar-refractivity contribution in [1.82, 2.24) is 14.7 Å². The van der Waals surface area contributed by atoms with Crippen molar-refractivity contribution >= 4 is 17.6 Å². The molecule has 2 aromatic carbocycles. The number of likely N-dealkylation sites (tertiary alicyclic amines) is 1. The van der Waals surface area contributed by atoms with E-state index in [1.807, 2.05) is 18.2 Å². The van der Waals surface area contributed by atoms with Crippen LogP contribution in [0.2, 0.25) is 0 Å². The van der Waals surface area contributed by atoms with E-state index in [0.717, 1.165) is 0 Å². The first kappa shape index (κ1) is 21.9. The molecule has 1 aromatic heterocycles. The average Bonchev–Trinajstić information content (AvgIpc) is 3.44. The SMILES string of the molecule is C=CC(=O)N1CCC(n2nc(-c3ccc(Oc4cccc(OC)c4)cc3)c(C(N)=O)c2N)C1. The molecule has 0 bridgehead atoms. The summed E-state index contributed by atoms with van der Waals surface area (Å²) in [6.07, 6.45) is 1.95. The predicted molar refractivity (Wildman–Crippen MR) is 124 cm³/mol. The second-order valence-electron chi connectivity index (χ2n) is 7.65. The van der Waals surface area contributed by atoms with Crippen LogP contribution >= 0.6 is 0 Å². The number of benzene rings is 2. The fourth-order valence-corrected chi connectivity index (χ4v) is 3.92. The van der Waals surface area contributed by atoms with Crippen molar-refractivity contribution in [2.24, 2.45) is 5.73 Å². The summed E-state index contributed by atoms with van der Waals surface area (Å²) in [4.78, 5) is 25.8. The zero-order valence-corrected chi connectivity index (χ0v) is 18.2. The predicted octanol–water partition coefficient (Wildman–Crippen LogP) is 2.99. The molecule has 1 aliphatic heterocycles. The van der Waals surface area contributed by atoms with Crippen LogP contribution in [0.15, 0.2) is 61.2 Å². The molecule has 170 valence electrons. The summed E-state index contributed by atoms with van der Waals surface area (Å²) in [5, 5.41) is 4.61. The van der Waals surface area contributed by atoms with Crippen molar-refractivity contribution in [3.05, 3.63) is 66.7 Å². The maximum Gasteiger partial charge on any atom is 0.254 e. The number of amides is 2. The van der Waals surface area contributed by atoms with Gasteiger partial charge in [-0.3, -0.25) is 9.59 Å². The van der Waals surface area contributed by atoms with Crippen molar-refractivity contribution in [3.63, 3.8) is 0 Å². The average molecular weight is 447 g/mol. The van der Waals surface area contributed by atoms with Gasteiger partial charge in [0.1, 0.15) is 34.3 Å². The summed E-state index contributed by atoms with van der Waals surface area (Å²) in [5.41, 5.74) is 13.1. The van der Waals surface area contributed by atoms with Crippen molar-refractivity contribution in [1.29, 1.82) is 0 Å². The highest BCUT2D eigenvalue weighted by atomic mass is 16.5. The van der Waals surface area contributed by atoms with Crippen molar-refractivity contribution in [2.75, 3.05) is 25.9 Å². The Bertz CT molecular complexity index is 1200. The first-order valence-corrected chi connectivity index (χ1v) is 10.4. The van der Waals surface area contributed by atoms with Gasteiger partial charge in [-0.05, 0) is 48.9 Å². The molecule has 1 saturated heterocycles. The Kier molecular flexibility index (Phi) is 6.03. The molecular formula is C24H25N5O4. The van der Waals surface area contributed by atoms with E-state index in [0.29, 0.717) is 48.0 Å². The summed E-state index contributed by atoms with van der Waals surface area (Å²) in [7, 11) is 1.59. The summed E-state index contributed by atoms with van der Waals surface area (Å²) in [6, 6.07) is 14.2. The first-order chi connectivity index (χ1) is 15.9. The molecule has 4 N–H and O–H groups in total. The van der Waals surface area contributed by atoms with Crippen LogP contribution in [0, 0.1) is 0 Å².